The molecule has 1 rings (SSSR count). The molecule has 1 aliphatic heterocycles. The van der Waals surface area contributed by atoms with Crippen LogP contribution in [0.1, 0.15) is 0 Å². The second-order valence-corrected chi connectivity index (χ2v) is 3.29. The number of nitrogens with zero attached hydrogens (tertiary/aromatic N) is 1. The van der Waals surface area contributed by atoms with E-state index >= 15 is 0 Å². The Morgan fingerprint density at radius 1 is 1.64 bits per heavy atom. The molecule has 80 valence electrons. The fraction of sp³-hybridized carbons (Fsp3) is 0.667. The van der Waals surface area contributed by atoms with Gasteiger partial charge in [-0.05, 0) is 0 Å². The van der Waals surface area contributed by atoms with Crippen LogP contribution in [0.3, 0.4) is 0 Å². The lowest BCUT2D eigenvalue weighted by atomic mass is 10.2. The highest BCUT2D eigenvalue weighted by Crippen LogP contribution is 2.08. The van der Waals surface area contributed by atoms with E-state index in [0.717, 1.165) is 0 Å². The average Bonchev–Trinajstić information content (AvgIpc) is 2.18. The molecule has 0 amide bonds. The standard InChI is InChI=1S/C9H15NO4/c1-7(9(12)13)4-10-2-3-14-6-8(10)5-11/h8,11H,1-6H2,(H,12,13). The lowest BCUT2D eigenvalue weighted by Gasteiger charge is -2.34. The summed E-state index contributed by atoms with van der Waals surface area (Å²) in [6.07, 6.45) is 0. The summed E-state index contributed by atoms with van der Waals surface area (Å²) in [4.78, 5) is 12.4. The highest BCUT2D eigenvalue weighted by atomic mass is 16.5. The van der Waals surface area contributed by atoms with Crippen molar-refractivity contribution in [3.63, 3.8) is 0 Å². The van der Waals surface area contributed by atoms with Crippen LogP contribution in [0.2, 0.25) is 0 Å². The van der Waals surface area contributed by atoms with Crippen LogP contribution in [0.5, 0.6) is 0 Å². The quantitative estimate of drug-likeness (QED) is 0.590. The van der Waals surface area contributed by atoms with Crippen molar-refractivity contribution in [3.05, 3.63) is 12.2 Å². The zero-order valence-corrected chi connectivity index (χ0v) is 7.98. The van der Waals surface area contributed by atoms with Gasteiger partial charge in [0.2, 0.25) is 0 Å². The normalized spacial score (nSPS) is 23.4. The van der Waals surface area contributed by atoms with Gasteiger partial charge in [0, 0.05) is 18.7 Å². The van der Waals surface area contributed by atoms with Crippen molar-refractivity contribution in [2.75, 3.05) is 32.9 Å². The lowest BCUT2D eigenvalue weighted by Crippen LogP contribution is -2.48. The van der Waals surface area contributed by atoms with E-state index in [0.29, 0.717) is 19.8 Å². The van der Waals surface area contributed by atoms with Crippen LogP contribution in [0.4, 0.5) is 0 Å². The van der Waals surface area contributed by atoms with E-state index in [2.05, 4.69) is 6.58 Å². The number of carboxylic acids is 1. The summed E-state index contributed by atoms with van der Waals surface area (Å²) in [5, 5.41) is 17.7. The molecule has 1 saturated heterocycles. The number of hydrogen-bond donors (Lipinski definition) is 2. The predicted octanol–water partition coefficient (Wildman–Crippen LogP) is -0.680. The van der Waals surface area contributed by atoms with Crippen LogP contribution < -0.4 is 0 Å². The van der Waals surface area contributed by atoms with Gasteiger partial charge in [0.1, 0.15) is 0 Å². The third kappa shape index (κ3) is 2.80. The molecule has 0 spiro atoms. The second-order valence-electron chi connectivity index (χ2n) is 3.29. The largest absolute Gasteiger partial charge is 0.478 e. The topological polar surface area (TPSA) is 70.0 Å². The highest BCUT2D eigenvalue weighted by molar-refractivity contribution is 5.86. The molecule has 1 unspecified atom stereocenters. The third-order valence-corrected chi connectivity index (χ3v) is 2.26. The molecule has 1 atom stereocenters. The molecular weight excluding hydrogens is 186 g/mol. The Balaban J connectivity index is 2.48. The molecule has 1 fully saturated rings. The Labute approximate surface area is 82.6 Å². The summed E-state index contributed by atoms with van der Waals surface area (Å²) in [5.74, 6) is -0.992. The number of aliphatic hydroxyl groups excluding tert-OH is 1. The van der Waals surface area contributed by atoms with Crippen molar-refractivity contribution in [1.29, 1.82) is 0 Å². The maximum atomic E-state index is 10.5. The van der Waals surface area contributed by atoms with Gasteiger partial charge in [-0.25, -0.2) is 4.79 Å². The molecule has 0 aromatic carbocycles. The molecule has 0 bridgehead atoms. The first-order valence-electron chi connectivity index (χ1n) is 4.49. The van der Waals surface area contributed by atoms with Crippen LogP contribution in [0, 0.1) is 0 Å². The molecular formula is C9H15NO4. The Morgan fingerprint density at radius 3 is 2.93 bits per heavy atom. The van der Waals surface area contributed by atoms with E-state index in [1.54, 1.807) is 0 Å². The van der Waals surface area contributed by atoms with Crippen LogP contribution >= 0.6 is 0 Å². The molecule has 1 aliphatic rings. The average molecular weight is 201 g/mol. The summed E-state index contributed by atoms with van der Waals surface area (Å²) in [6.45, 7) is 5.37. The summed E-state index contributed by atoms with van der Waals surface area (Å²) >= 11 is 0. The molecule has 5 heteroatoms. The summed E-state index contributed by atoms with van der Waals surface area (Å²) in [6, 6.07) is -0.111. The van der Waals surface area contributed by atoms with Crippen molar-refractivity contribution in [3.8, 4) is 0 Å². The minimum absolute atomic E-state index is 0.0209. The van der Waals surface area contributed by atoms with E-state index in [-0.39, 0.29) is 24.8 Å². The van der Waals surface area contributed by atoms with Crippen molar-refractivity contribution >= 4 is 5.97 Å². The molecule has 0 aromatic heterocycles. The van der Waals surface area contributed by atoms with Crippen LogP contribution in [-0.2, 0) is 9.53 Å². The number of aliphatic carboxylic acids is 1. The van der Waals surface area contributed by atoms with Gasteiger partial charge in [-0.3, -0.25) is 4.90 Å². The third-order valence-electron chi connectivity index (χ3n) is 2.26. The molecule has 5 nitrogen and oxygen atoms in total. The number of ether oxygens (including phenoxy) is 1. The lowest BCUT2D eigenvalue weighted by molar-refractivity contribution is -0.133. The Bertz CT molecular complexity index is 229. The fourth-order valence-electron chi connectivity index (χ4n) is 1.38. The molecule has 14 heavy (non-hydrogen) atoms. The summed E-state index contributed by atoms with van der Waals surface area (Å²) in [5.41, 5.74) is 0.144. The van der Waals surface area contributed by atoms with Gasteiger partial charge >= 0.3 is 5.97 Å². The Morgan fingerprint density at radius 2 is 2.36 bits per heavy atom. The van der Waals surface area contributed by atoms with Gasteiger partial charge in [0.15, 0.2) is 0 Å². The smallest absolute Gasteiger partial charge is 0.332 e. The highest BCUT2D eigenvalue weighted by Gasteiger charge is 2.23. The summed E-state index contributed by atoms with van der Waals surface area (Å²) in [7, 11) is 0. The van der Waals surface area contributed by atoms with Gasteiger partial charge in [-0.1, -0.05) is 6.58 Å². The van der Waals surface area contributed by atoms with E-state index in [1.807, 2.05) is 4.90 Å². The maximum Gasteiger partial charge on any atom is 0.332 e. The van der Waals surface area contributed by atoms with Crippen LogP contribution in [0.15, 0.2) is 12.2 Å². The van der Waals surface area contributed by atoms with Crippen molar-refractivity contribution in [1.82, 2.24) is 4.90 Å². The zero-order chi connectivity index (χ0) is 10.6. The van der Waals surface area contributed by atoms with Crippen molar-refractivity contribution in [2.24, 2.45) is 0 Å². The SMILES string of the molecule is C=C(CN1CCOCC1CO)C(=O)O. The van der Waals surface area contributed by atoms with Gasteiger partial charge in [0.25, 0.3) is 0 Å². The Kier molecular flexibility index (Phi) is 4.06. The molecule has 2 N–H and O–H groups in total. The first kappa shape index (κ1) is 11.2. The fourth-order valence-corrected chi connectivity index (χ4v) is 1.38. The number of morpholine rings is 1. The minimum atomic E-state index is -0.992. The number of aliphatic hydroxyl groups is 1. The zero-order valence-electron chi connectivity index (χ0n) is 7.98. The van der Waals surface area contributed by atoms with Gasteiger partial charge in [0.05, 0.1) is 25.9 Å². The Hall–Kier alpha value is -0.910. The van der Waals surface area contributed by atoms with Gasteiger partial charge < -0.3 is 14.9 Å². The monoisotopic (exact) mass is 201 g/mol. The van der Waals surface area contributed by atoms with Crippen molar-refractivity contribution < 1.29 is 19.7 Å². The molecule has 0 saturated carbocycles. The molecule has 0 radical (unpaired) electrons. The number of hydrogen-bond acceptors (Lipinski definition) is 4. The van der Waals surface area contributed by atoms with Crippen LogP contribution in [0.25, 0.3) is 0 Å². The van der Waals surface area contributed by atoms with E-state index < -0.39 is 5.97 Å². The first-order chi connectivity index (χ1) is 6.65. The van der Waals surface area contributed by atoms with Crippen LogP contribution in [-0.4, -0.2) is 60.0 Å². The van der Waals surface area contributed by atoms with Crippen molar-refractivity contribution in [2.45, 2.75) is 6.04 Å². The van der Waals surface area contributed by atoms with Gasteiger partial charge in [-0.2, -0.15) is 0 Å². The predicted molar refractivity (Wildman–Crippen MR) is 50.0 cm³/mol. The molecule has 0 aliphatic carbocycles. The minimum Gasteiger partial charge on any atom is -0.478 e. The second kappa shape index (κ2) is 5.09. The van der Waals surface area contributed by atoms with Gasteiger partial charge in [-0.15, -0.1) is 0 Å². The number of rotatable bonds is 4. The van der Waals surface area contributed by atoms with E-state index in [4.69, 9.17) is 14.9 Å². The molecule has 0 aromatic rings. The number of carbonyl (C=O) groups is 1. The number of carboxylic acid groups (broad SMARTS) is 1. The molecule has 1 heterocycles. The summed E-state index contributed by atoms with van der Waals surface area (Å²) < 4.78 is 5.17. The van der Waals surface area contributed by atoms with E-state index in [1.165, 1.54) is 0 Å². The van der Waals surface area contributed by atoms with E-state index in [9.17, 15) is 4.79 Å². The first-order valence-corrected chi connectivity index (χ1v) is 4.49. The maximum absolute atomic E-state index is 10.5.